The summed E-state index contributed by atoms with van der Waals surface area (Å²) < 4.78 is 26.0. The van der Waals surface area contributed by atoms with E-state index < -0.39 is 13.9 Å². The number of hydrogen-bond acceptors (Lipinski definition) is 6. The Kier molecular flexibility index (Phi) is 15.7. The molecule has 0 atom stereocenters. The predicted molar refractivity (Wildman–Crippen MR) is 113 cm³/mol. The lowest BCUT2D eigenvalue weighted by molar-refractivity contribution is -0.890. The van der Waals surface area contributed by atoms with Gasteiger partial charge in [-0.3, -0.25) is 9.32 Å². The maximum absolute atomic E-state index is 11.9. The number of alkyl carbamates (subject to hydrolysis) is 1. The van der Waals surface area contributed by atoms with Crippen LogP contribution in [0.25, 0.3) is 0 Å². The summed E-state index contributed by atoms with van der Waals surface area (Å²) in [4.78, 5) is 40.4. The van der Waals surface area contributed by atoms with Gasteiger partial charge in [0.15, 0.2) is 0 Å². The lowest BCUT2D eigenvalue weighted by atomic mass is 10.1. The lowest BCUT2D eigenvalue weighted by Gasteiger charge is -2.29. The molecule has 10 nitrogen and oxygen atoms in total. The smallest absolute Gasteiger partial charge is 0.445 e. The summed E-state index contributed by atoms with van der Waals surface area (Å²) in [7, 11) is -0.569. The monoisotopic (exact) mass is 453 g/mol. The molecule has 0 aromatic carbocycles. The standard InChI is InChI=1S/C19H37N2O8P/c1-4-14-28-19(23)20-11-7-5-6-9-18(22)10-8-15-27-16-12-21(2,3)13-17-29-30(24,25)26/h4H,1,5-17H2,2-3H3,(H2-,20,23,24,25,26)/p+1. The number of quaternary nitrogens is 1. The highest BCUT2D eigenvalue weighted by Crippen LogP contribution is 2.35. The third kappa shape index (κ3) is 20.0. The molecular formula is C19H38N2O8P+. The number of phosphoric ester groups is 1. The predicted octanol–water partition coefficient (Wildman–Crippen LogP) is 2.01. The van der Waals surface area contributed by atoms with E-state index in [0.717, 1.165) is 19.3 Å². The first-order chi connectivity index (χ1) is 14.1. The Hall–Kier alpha value is -1.29. The molecule has 176 valence electrons. The van der Waals surface area contributed by atoms with Crippen molar-refractivity contribution in [3.05, 3.63) is 12.7 Å². The minimum absolute atomic E-state index is 0.0265. The molecule has 0 fully saturated rings. The van der Waals surface area contributed by atoms with Crippen LogP contribution < -0.4 is 5.32 Å². The molecule has 30 heavy (non-hydrogen) atoms. The van der Waals surface area contributed by atoms with Gasteiger partial charge in [-0.05, 0) is 19.3 Å². The first-order valence-corrected chi connectivity index (χ1v) is 11.7. The van der Waals surface area contributed by atoms with E-state index in [2.05, 4.69) is 16.4 Å². The number of Topliss-reactive ketones (excluding diaryl/α,β-unsaturated/α-hetero) is 1. The second kappa shape index (κ2) is 16.4. The van der Waals surface area contributed by atoms with Crippen molar-refractivity contribution in [2.45, 2.75) is 38.5 Å². The molecule has 0 heterocycles. The van der Waals surface area contributed by atoms with Crippen LogP contribution in [0.1, 0.15) is 38.5 Å². The number of hydrogen-bond donors (Lipinski definition) is 3. The normalized spacial score (nSPS) is 11.9. The van der Waals surface area contributed by atoms with Gasteiger partial charge in [0, 0.05) is 26.0 Å². The Morgan fingerprint density at radius 1 is 1.03 bits per heavy atom. The lowest BCUT2D eigenvalue weighted by Crippen LogP contribution is -2.44. The molecule has 0 saturated heterocycles. The summed E-state index contributed by atoms with van der Waals surface area (Å²) in [6.45, 7) is 6.28. The third-order valence-electron chi connectivity index (χ3n) is 4.28. The van der Waals surface area contributed by atoms with Crippen molar-refractivity contribution >= 4 is 19.7 Å². The van der Waals surface area contributed by atoms with Gasteiger partial charge in [0.2, 0.25) is 0 Å². The summed E-state index contributed by atoms with van der Waals surface area (Å²) in [5.74, 6) is 0.211. The Bertz CT molecular complexity index is 551. The summed E-state index contributed by atoms with van der Waals surface area (Å²) in [5.41, 5.74) is 0. The molecule has 11 heteroatoms. The van der Waals surface area contributed by atoms with Gasteiger partial charge in [0.05, 0.1) is 20.7 Å². The van der Waals surface area contributed by atoms with Gasteiger partial charge in [-0.15, -0.1) is 0 Å². The molecular weight excluding hydrogens is 415 g/mol. The zero-order valence-electron chi connectivity index (χ0n) is 18.2. The van der Waals surface area contributed by atoms with Crippen molar-refractivity contribution in [1.29, 1.82) is 0 Å². The van der Waals surface area contributed by atoms with Crippen molar-refractivity contribution in [1.82, 2.24) is 5.32 Å². The summed E-state index contributed by atoms with van der Waals surface area (Å²) in [5, 5.41) is 2.63. The van der Waals surface area contributed by atoms with Crippen LogP contribution >= 0.6 is 7.82 Å². The molecule has 1 amide bonds. The van der Waals surface area contributed by atoms with E-state index in [9.17, 15) is 14.2 Å². The zero-order valence-corrected chi connectivity index (χ0v) is 19.1. The molecule has 0 spiro atoms. The molecule has 3 N–H and O–H groups in total. The van der Waals surface area contributed by atoms with E-state index in [0.29, 0.717) is 56.6 Å². The fraction of sp³-hybridized carbons (Fsp3) is 0.789. The topological polar surface area (TPSA) is 131 Å². The molecule has 0 bridgehead atoms. The van der Waals surface area contributed by atoms with Gasteiger partial charge in [-0.25, -0.2) is 9.36 Å². The molecule has 0 aliphatic rings. The van der Waals surface area contributed by atoms with Crippen molar-refractivity contribution in [2.75, 3.05) is 60.2 Å². The van der Waals surface area contributed by atoms with Crippen molar-refractivity contribution < 1.29 is 42.4 Å². The second-order valence-electron chi connectivity index (χ2n) is 7.59. The Balaban J connectivity index is 3.55. The Morgan fingerprint density at radius 3 is 2.37 bits per heavy atom. The molecule has 0 aromatic heterocycles. The fourth-order valence-corrected chi connectivity index (χ4v) is 2.75. The van der Waals surface area contributed by atoms with Gasteiger partial charge in [-0.2, -0.15) is 0 Å². The minimum atomic E-state index is -4.42. The summed E-state index contributed by atoms with van der Waals surface area (Å²) in [6.07, 6.45) is 5.20. The first kappa shape index (κ1) is 28.7. The van der Waals surface area contributed by atoms with E-state index in [1.807, 2.05) is 14.1 Å². The molecule has 0 aliphatic carbocycles. The van der Waals surface area contributed by atoms with E-state index in [1.165, 1.54) is 6.08 Å². The van der Waals surface area contributed by atoms with Crippen molar-refractivity contribution in [3.8, 4) is 0 Å². The highest BCUT2D eigenvalue weighted by Gasteiger charge is 2.19. The Labute approximate surface area is 179 Å². The molecule has 0 unspecified atom stereocenters. The van der Waals surface area contributed by atoms with Crippen LogP contribution in [0.4, 0.5) is 4.79 Å². The summed E-state index contributed by atoms with van der Waals surface area (Å²) >= 11 is 0. The Morgan fingerprint density at radius 2 is 1.70 bits per heavy atom. The van der Waals surface area contributed by atoms with Gasteiger partial charge >= 0.3 is 13.9 Å². The highest BCUT2D eigenvalue weighted by atomic mass is 31.2. The number of carbonyl (C=O) groups excluding carboxylic acids is 2. The first-order valence-electron chi connectivity index (χ1n) is 10.2. The number of rotatable bonds is 19. The van der Waals surface area contributed by atoms with Crippen LogP contribution in [0, 0.1) is 0 Å². The SMILES string of the molecule is C=CCOC(=O)NCCCCCC(=O)CCCOCC[N+](C)(C)CCOP(=O)(O)O. The highest BCUT2D eigenvalue weighted by molar-refractivity contribution is 7.46. The van der Waals surface area contributed by atoms with Crippen molar-refractivity contribution in [2.24, 2.45) is 0 Å². The number of ketones is 1. The summed E-state index contributed by atoms with van der Waals surface area (Å²) in [6, 6.07) is 0. The number of amides is 1. The molecule has 0 aromatic rings. The molecule has 0 aliphatic heterocycles. The van der Waals surface area contributed by atoms with Crippen LogP contribution in [0.3, 0.4) is 0 Å². The number of nitrogens with zero attached hydrogens (tertiary/aromatic N) is 1. The number of likely N-dealkylation sites (N-methyl/N-ethyl adjacent to an activating group) is 1. The van der Waals surface area contributed by atoms with E-state index in [4.69, 9.17) is 19.3 Å². The number of phosphoric acid groups is 1. The van der Waals surface area contributed by atoms with Crippen LogP contribution in [0.5, 0.6) is 0 Å². The van der Waals surface area contributed by atoms with E-state index in [-0.39, 0.29) is 19.0 Å². The van der Waals surface area contributed by atoms with Crippen LogP contribution in [-0.4, -0.2) is 86.3 Å². The van der Waals surface area contributed by atoms with Gasteiger partial charge in [-0.1, -0.05) is 19.1 Å². The molecule has 0 saturated carbocycles. The van der Waals surface area contributed by atoms with E-state index in [1.54, 1.807) is 0 Å². The van der Waals surface area contributed by atoms with Crippen LogP contribution in [0.15, 0.2) is 12.7 Å². The van der Waals surface area contributed by atoms with Crippen LogP contribution in [-0.2, 0) is 23.4 Å². The third-order valence-corrected chi connectivity index (χ3v) is 4.79. The quantitative estimate of drug-likeness (QED) is 0.117. The zero-order chi connectivity index (χ0) is 22.9. The number of carbonyl (C=O) groups is 2. The molecule has 0 rings (SSSR count). The average molecular weight is 453 g/mol. The maximum atomic E-state index is 11.9. The minimum Gasteiger partial charge on any atom is -0.445 e. The van der Waals surface area contributed by atoms with E-state index >= 15 is 0 Å². The second-order valence-corrected chi connectivity index (χ2v) is 8.83. The van der Waals surface area contributed by atoms with Gasteiger partial charge in [0.1, 0.15) is 32.1 Å². The van der Waals surface area contributed by atoms with Crippen LogP contribution in [0.2, 0.25) is 0 Å². The fourth-order valence-electron chi connectivity index (χ4n) is 2.43. The van der Waals surface area contributed by atoms with Crippen molar-refractivity contribution in [3.63, 3.8) is 0 Å². The largest absolute Gasteiger partial charge is 0.469 e. The van der Waals surface area contributed by atoms with Gasteiger partial charge < -0.3 is 29.1 Å². The average Bonchev–Trinajstić information content (AvgIpc) is 2.64. The van der Waals surface area contributed by atoms with Gasteiger partial charge in [0.25, 0.3) is 0 Å². The number of ether oxygens (including phenoxy) is 2. The maximum Gasteiger partial charge on any atom is 0.469 e. The number of unbranched alkanes of at least 4 members (excludes halogenated alkanes) is 2. The number of nitrogens with one attached hydrogen (secondary N) is 1. The molecule has 0 radical (unpaired) electrons.